The van der Waals surface area contributed by atoms with E-state index in [0.717, 1.165) is 0 Å². The SMILES string of the molecule is NC1=NC(N)OC1=O. The van der Waals surface area contributed by atoms with Gasteiger partial charge in [-0.15, -0.1) is 0 Å². The minimum atomic E-state index is -0.887. The first-order chi connectivity index (χ1) is 3.70. The number of hydrogen-bond donors (Lipinski definition) is 2. The van der Waals surface area contributed by atoms with Crippen molar-refractivity contribution in [3.63, 3.8) is 0 Å². The van der Waals surface area contributed by atoms with Crippen molar-refractivity contribution >= 4 is 11.8 Å². The monoisotopic (exact) mass is 115 g/mol. The zero-order valence-corrected chi connectivity index (χ0v) is 4.00. The fraction of sp³-hybridized carbons (Fsp3) is 0.333. The average molecular weight is 115 g/mol. The summed E-state index contributed by atoms with van der Waals surface area (Å²) in [5, 5.41) is 0. The molecule has 8 heavy (non-hydrogen) atoms. The highest BCUT2D eigenvalue weighted by molar-refractivity contribution is 6.35. The first-order valence-corrected chi connectivity index (χ1v) is 2.00. The number of nitrogens with zero attached hydrogens (tertiary/aromatic N) is 1. The Labute approximate surface area is 45.3 Å². The zero-order valence-electron chi connectivity index (χ0n) is 4.00. The Kier molecular flexibility index (Phi) is 0.911. The fourth-order valence-corrected chi connectivity index (χ4v) is 0.386. The molecule has 44 valence electrons. The standard InChI is InChI=1S/C3H5N3O2/c4-1-2(7)8-3(5)6-1/h3H,5H2,(H2,4,6). The zero-order chi connectivity index (χ0) is 6.15. The molecular weight excluding hydrogens is 110 g/mol. The number of rotatable bonds is 0. The van der Waals surface area contributed by atoms with Crippen molar-refractivity contribution in [1.29, 1.82) is 0 Å². The second kappa shape index (κ2) is 1.45. The molecule has 0 aromatic rings. The van der Waals surface area contributed by atoms with E-state index in [-0.39, 0.29) is 5.84 Å². The minimum absolute atomic E-state index is 0.155. The van der Waals surface area contributed by atoms with Gasteiger partial charge in [-0.1, -0.05) is 0 Å². The maximum Gasteiger partial charge on any atom is 0.376 e. The lowest BCUT2D eigenvalue weighted by Gasteiger charge is -1.93. The molecule has 1 aliphatic heterocycles. The number of nitrogens with two attached hydrogens (primary N) is 2. The predicted molar refractivity (Wildman–Crippen MR) is 25.7 cm³/mol. The van der Waals surface area contributed by atoms with E-state index in [9.17, 15) is 4.79 Å². The molecule has 0 amide bonds. The second-order valence-electron chi connectivity index (χ2n) is 1.31. The lowest BCUT2D eigenvalue weighted by atomic mass is 10.6. The van der Waals surface area contributed by atoms with E-state index in [1.54, 1.807) is 0 Å². The molecule has 5 nitrogen and oxygen atoms in total. The summed E-state index contributed by atoms with van der Waals surface area (Å²) in [6.07, 6.45) is -0.887. The van der Waals surface area contributed by atoms with Crippen molar-refractivity contribution in [2.45, 2.75) is 6.35 Å². The minimum Gasteiger partial charge on any atom is -0.420 e. The predicted octanol–water partition coefficient (Wildman–Crippen LogP) is -1.86. The van der Waals surface area contributed by atoms with Crippen molar-refractivity contribution < 1.29 is 9.53 Å². The van der Waals surface area contributed by atoms with Crippen molar-refractivity contribution in [3.05, 3.63) is 0 Å². The number of carbonyl (C=O) groups is 1. The smallest absolute Gasteiger partial charge is 0.376 e. The van der Waals surface area contributed by atoms with E-state index in [1.165, 1.54) is 0 Å². The van der Waals surface area contributed by atoms with Crippen LogP contribution >= 0.6 is 0 Å². The molecule has 4 N–H and O–H groups in total. The molecule has 0 spiro atoms. The van der Waals surface area contributed by atoms with E-state index in [0.29, 0.717) is 0 Å². The van der Waals surface area contributed by atoms with Gasteiger partial charge in [0.2, 0.25) is 5.84 Å². The molecule has 1 heterocycles. The lowest BCUT2D eigenvalue weighted by Crippen LogP contribution is -2.21. The van der Waals surface area contributed by atoms with Gasteiger partial charge in [-0.3, -0.25) is 5.73 Å². The summed E-state index contributed by atoms with van der Waals surface area (Å²) in [4.78, 5) is 13.6. The summed E-state index contributed by atoms with van der Waals surface area (Å²) < 4.78 is 4.28. The molecule has 0 radical (unpaired) electrons. The largest absolute Gasteiger partial charge is 0.420 e. The maximum absolute atomic E-state index is 10.2. The van der Waals surface area contributed by atoms with E-state index in [4.69, 9.17) is 11.5 Å². The van der Waals surface area contributed by atoms with Crippen LogP contribution in [0.25, 0.3) is 0 Å². The number of ether oxygens (including phenoxy) is 1. The number of amidine groups is 1. The van der Waals surface area contributed by atoms with Crippen LogP contribution in [-0.4, -0.2) is 18.2 Å². The number of aliphatic imine (C=N–C) groups is 1. The number of esters is 1. The molecule has 1 atom stereocenters. The summed E-state index contributed by atoms with van der Waals surface area (Å²) in [5.41, 5.74) is 9.97. The van der Waals surface area contributed by atoms with Gasteiger partial charge in [0.1, 0.15) is 0 Å². The molecular formula is C3H5N3O2. The Hall–Kier alpha value is -1.10. The third-order valence-electron chi connectivity index (χ3n) is 0.703. The number of cyclic esters (lactones) is 1. The molecule has 1 rings (SSSR count). The summed E-state index contributed by atoms with van der Waals surface area (Å²) in [6, 6.07) is 0. The summed E-state index contributed by atoms with van der Waals surface area (Å²) in [5.74, 6) is -0.796. The summed E-state index contributed by atoms with van der Waals surface area (Å²) in [6.45, 7) is 0. The van der Waals surface area contributed by atoms with Crippen LogP contribution in [0.5, 0.6) is 0 Å². The Balaban J connectivity index is 2.73. The topological polar surface area (TPSA) is 90.7 Å². The van der Waals surface area contributed by atoms with Crippen LogP contribution in [0.1, 0.15) is 0 Å². The first-order valence-electron chi connectivity index (χ1n) is 2.00. The second-order valence-corrected chi connectivity index (χ2v) is 1.31. The normalized spacial score (nSPS) is 27.4. The van der Waals surface area contributed by atoms with Gasteiger partial charge < -0.3 is 10.5 Å². The summed E-state index contributed by atoms with van der Waals surface area (Å²) in [7, 11) is 0. The van der Waals surface area contributed by atoms with Gasteiger partial charge in [-0.05, 0) is 0 Å². The van der Waals surface area contributed by atoms with Gasteiger partial charge >= 0.3 is 5.97 Å². The highest BCUT2D eigenvalue weighted by Gasteiger charge is 2.20. The Bertz CT molecular complexity index is 153. The van der Waals surface area contributed by atoms with Gasteiger partial charge in [-0.25, -0.2) is 9.79 Å². The van der Waals surface area contributed by atoms with Crippen LogP contribution in [0, 0.1) is 0 Å². The highest BCUT2D eigenvalue weighted by atomic mass is 16.6. The lowest BCUT2D eigenvalue weighted by molar-refractivity contribution is -0.137. The quantitative estimate of drug-likeness (QED) is 0.362. The maximum atomic E-state index is 10.2. The van der Waals surface area contributed by atoms with Crippen molar-refractivity contribution in [2.75, 3.05) is 0 Å². The summed E-state index contributed by atoms with van der Waals surface area (Å²) >= 11 is 0. The molecule has 1 aliphatic rings. The molecule has 0 fully saturated rings. The molecule has 0 saturated heterocycles. The third kappa shape index (κ3) is 0.627. The van der Waals surface area contributed by atoms with E-state index in [2.05, 4.69) is 9.73 Å². The van der Waals surface area contributed by atoms with E-state index < -0.39 is 12.3 Å². The van der Waals surface area contributed by atoms with Gasteiger partial charge in [-0.2, -0.15) is 0 Å². The molecule has 0 aromatic carbocycles. The van der Waals surface area contributed by atoms with Gasteiger partial charge in [0.25, 0.3) is 6.35 Å². The number of carbonyl (C=O) groups excluding carboxylic acids is 1. The molecule has 1 unspecified atom stereocenters. The molecule has 0 saturated carbocycles. The third-order valence-corrected chi connectivity index (χ3v) is 0.703. The van der Waals surface area contributed by atoms with Crippen molar-refractivity contribution in [1.82, 2.24) is 0 Å². The van der Waals surface area contributed by atoms with Gasteiger partial charge in [0.15, 0.2) is 0 Å². The van der Waals surface area contributed by atoms with E-state index >= 15 is 0 Å². The number of hydrogen-bond acceptors (Lipinski definition) is 5. The Morgan fingerprint density at radius 3 is 2.50 bits per heavy atom. The van der Waals surface area contributed by atoms with Gasteiger partial charge in [0.05, 0.1) is 0 Å². The van der Waals surface area contributed by atoms with Crippen LogP contribution in [0.3, 0.4) is 0 Å². The van der Waals surface area contributed by atoms with Crippen molar-refractivity contribution in [2.24, 2.45) is 16.5 Å². The van der Waals surface area contributed by atoms with E-state index in [1.807, 2.05) is 0 Å². The molecule has 5 heteroatoms. The van der Waals surface area contributed by atoms with Crippen LogP contribution in [0.4, 0.5) is 0 Å². The average Bonchev–Trinajstić information content (AvgIpc) is 1.85. The molecule has 0 aromatic heterocycles. The van der Waals surface area contributed by atoms with Gasteiger partial charge in [0, 0.05) is 0 Å². The van der Waals surface area contributed by atoms with Crippen LogP contribution < -0.4 is 11.5 Å². The molecule has 0 aliphatic carbocycles. The van der Waals surface area contributed by atoms with Crippen LogP contribution in [0.2, 0.25) is 0 Å². The fourth-order valence-electron chi connectivity index (χ4n) is 0.386. The Morgan fingerprint density at radius 2 is 2.38 bits per heavy atom. The Morgan fingerprint density at radius 1 is 1.75 bits per heavy atom. The van der Waals surface area contributed by atoms with Crippen LogP contribution in [0.15, 0.2) is 4.99 Å². The van der Waals surface area contributed by atoms with Crippen molar-refractivity contribution in [3.8, 4) is 0 Å². The first kappa shape index (κ1) is 5.04. The van der Waals surface area contributed by atoms with Crippen LogP contribution in [-0.2, 0) is 9.53 Å². The molecule has 0 bridgehead atoms. The highest BCUT2D eigenvalue weighted by Crippen LogP contribution is 1.95.